The molecule has 0 saturated heterocycles. The van der Waals surface area contributed by atoms with E-state index in [2.05, 4.69) is 37.5 Å². The molecule has 0 bridgehead atoms. The first-order valence-corrected chi connectivity index (χ1v) is 10.3. The average Bonchev–Trinajstić information content (AvgIpc) is 2.74. The molecular formula is C22H21BrN4O4. The van der Waals surface area contributed by atoms with E-state index >= 15 is 0 Å². The fraction of sp³-hybridized carbons (Fsp3) is 0.182. The van der Waals surface area contributed by atoms with Crippen molar-refractivity contribution in [2.24, 2.45) is 5.10 Å². The van der Waals surface area contributed by atoms with E-state index < -0.39 is 4.92 Å². The molecule has 8 nitrogen and oxygen atoms in total. The SMILES string of the molecule is CCOc1cc(/C=N\Nc2ncccc2[N+](=O)[O-])cc(Br)c1OCc1cccc(C)c1. The van der Waals surface area contributed by atoms with Crippen molar-refractivity contribution in [2.45, 2.75) is 20.5 Å². The van der Waals surface area contributed by atoms with Gasteiger partial charge in [-0.15, -0.1) is 0 Å². The average molecular weight is 485 g/mol. The van der Waals surface area contributed by atoms with Gasteiger partial charge in [0.05, 0.1) is 22.2 Å². The number of aromatic nitrogens is 1. The molecule has 3 aromatic rings. The van der Waals surface area contributed by atoms with Crippen molar-refractivity contribution in [3.8, 4) is 11.5 Å². The smallest absolute Gasteiger partial charge is 0.313 e. The molecule has 160 valence electrons. The van der Waals surface area contributed by atoms with Crippen molar-refractivity contribution in [1.82, 2.24) is 4.98 Å². The number of hydrazone groups is 1. The number of aryl methyl sites for hydroxylation is 1. The summed E-state index contributed by atoms with van der Waals surface area (Å²) >= 11 is 3.53. The number of ether oxygens (including phenoxy) is 2. The maximum Gasteiger partial charge on any atom is 0.313 e. The molecule has 2 aromatic carbocycles. The molecule has 0 radical (unpaired) electrons. The van der Waals surface area contributed by atoms with Crippen LogP contribution in [0.2, 0.25) is 0 Å². The van der Waals surface area contributed by atoms with E-state index in [9.17, 15) is 10.1 Å². The summed E-state index contributed by atoms with van der Waals surface area (Å²) in [4.78, 5) is 14.5. The number of nitrogens with one attached hydrogen (secondary N) is 1. The Bertz CT molecular complexity index is 1100. The molecule has 0 fully saturated rings. The van der Waals surface area contributed by atoms with Crippen molar-refractivity contribution in [2.75, 3.05) is 12.0 Å². The predicted molar refractivity (Wildman–Crippen MR) is 123 cm³/mol. The molecule has 0 atom stereocenters. The molecule has 0 spiro atoms. The Morgan fingerprint density at radius 2 is 2.06 bits per heavy atom. The second-order valence-corrected chi connectivity index (χ2v) is 7.39. The van der Waals surface area contributed by atoms with Gasteiger partial charge in [-0.25, -0.2) is 4.98 Å². The third-order valence-electron chi connectivity index (χ3n) is 4.16. The fourth-order valence-corrected chi connectivity index (χ4v) is 3.40. The van der Waals surface area contributed by atoms with Gasteiger partial charge in [0.2, 0.25) is 5.82 Å². The van der Waals surface area contributed by atoms with Gasteiger partial charge < -0.3 is 9.47 Å². The number of anilines is 1. The number of hydrogen-bond donors (Lipinski definition) is 1. The Morgan fingerprint density at radius 3 is 2.81 bits per heavy atom. The minimum atomic E-state index is -0.519. The monoisotopic (exact) mass is 484 g/mol. The Labute approximate surface area is 188 Å². The Hall–Kier alpha value is -3.46. The van der Waals surface area contributed by atoms with E-state index in [0.717, 1.165) is 11.1 Å². The van der Waals surface area contributed by atoms with Gasteiger partial charge >= 0.3 is 5.69 Å². The normalized spacial score (nSPS) is 10.8. The predicted octanol–water partition coefficient (Wildman–Crippen LogP) is 5.48. The lowest BCUT2D eigenvalue weighted by Crippen LogP contribution is -2.02. The standard InChI is InChI=1S/C22H21BrN4O4/c1-3-30-20-12-17(13-25-26-22-19(27(28)29)8-5-9-24-22)11-18(23)21(20)31-14-16-7-4-6-15(2)10-16/h4-13H,3,14H2,1-2H3,(H,24,26)/b25-13-. The highest BCUT2D eigenvalue weighted by molar-refractivity contribution is 9.10. The minimum Gasteiger partial charge on any atom is -0.490 e. The fourth-order valence-electron chi connectivity index (χ4n) is 2.82. The lowest BCUT2D eigenvalue weighted by molar-refractivity contribution is -0.384. The number of nitro groups is 1. The molecule has 0 amide bonds. The van der Waals surface area contributed by atoms with Gasteiger partial charge in [0.25, 0.3) is 0 Å². The van der Waals surface area contributed by atoms with Gasteiger partial charge in [-0.2, -0.15) is 5.10 Å². The molecule has 0 unspecified atom stereocenters. The van der Waals surface area contributed by atoms with Crippen LogP contribution in [0.3, 0.4) is 0 Å². The Kier molecular flexibility index (Phi) is 7.55. The summed E-state index contributed by atoms with van der Waals surface area (Å²) in [6.45, 7) is 4.79. The molecule has 31 heavy (non-hydrogen) atoms. The summed E-state index contributed by atoms with van der Waals surface area (Å²) < 4.78 is 12.5. The number of hydrogen-bond acceptors (Lipinski definition) is 7. The molecule has 3 rings (SSSR count). The minimum absolute atomic E-state index is 0.0611. The van der Waals surface area contributed by atoms with Crippen molar-refractivity contribution in [1.29, 1.82) is 0 Å². The molecule has 0 aliphatic carbocycles. The maximum atomic E-state index is 11.1. The van der Waals surface area contributed by atoms with Gasteiger partial charge in [0.15, 0.2) is 11.5 Å². The summed E-state index contributed by atoms with van der Waals surface area (Å²) in [5, 5.41) is 15.1. The number of rotatable bonds is 9. The van der Waals surface area contributed by atoms with Crippen LogP contribution in [0.4, 0.5) is 11.5 Å². The number of halogens is 1. The van der Waals surface area contributed by atoms with E-state index in [1.54, 1.807) is 6.07 Å². The Balaban J connectivity index is 1.78. The van der Waals surface area contributed by atoms with Gasteiger partial charge in [0, 0.05) is 12.3 Å². The van der Waals surface area contributed by atoms with Crippen LogP contribution < -0.4 is 14.9 Å². The highest BCUT2D eigenvalue weighted by Crippen LogP contribution is 2.37. The molecule has 1 heterocycles. The van der Waals surface area contributed by atoms with Crippen LogP contribution in [0, 0.1) is 17.0 Å². The maximum absolute atomic E-state index is 11.1. The van der Waals surface area contributed by atoms with Crippen LogP contribution >= 0.6 is 15.9 Å². The van der Waals surface area contributed by atoms with Gasteiger partial charge in [0.1, 0.15) is 6.61 Å². The van der Waals surface area contributed by atoms with E-state index in [1.807, 2.05) is 38.1 Å². The first kappa shape index (κ1) is 22.2. The summed E-state index contributed by atoms with van der Waals surface area (Å²) in [5.41, 5.74) is 5.39. The lowest BCUT2D eigenvalue weighted by atomic mass is 10.1. The van der Waals surface area contributed by atoms with Crippen molar-refractivity contribution in [3.63, 3.8) is 0 Å². The van der Waals surface area contributed by atoms with Gasteiger partial charge in [-0.3, -0.25) is 15.5 Å². The Morgan fingerprint density at radius 1 is 1.23 bits per heavy atom. The van der Waals surface area contributed by atoms with E-state index in [1.165, 1.54) is 24.5 Å². The topological polar surface area (TPSA) is 98.9 Å². The second-order valence-electron chi connectivity index (χ2n) is 6.54. The third-order valence-corrected chi connectivity index (χ3v) is 4.75. The molecule has 9 heteroatoms. The zero-order valence-electron chi connectivity index (χ0n) is 17.0. The van der Waals surface area contributed by atoms with Gasteiger partial charge in [-0.1, -0.05) is 29.8 Å². The van der Waals surface area contributed by atoms with Crippen molar-refractivity contribution >= 4 is 33.6 Å². The number of pyridine rings is 1. The highest BCUT2D eigenvalue weighted by atomic mass is 79.9. The van der Waals surface area contributed by atoms with Crippen molar-refractivity contribution in [3.05, 3.63) is 86.0 Å². The largest absolute Gasteiger partial charge is 0.490 e. The van der Waals surface area contributed by atoms with Crippen LogP contribution in [0.1, 0.15) is 23.6 Å². The third kappa shape index (κ3) is 6.02. The van der Waals surface area contributed by atoms with Crippen LogP contribution in [-0.2, 0) is 6.61 Å². The summed E-state index contributed by atoms with van der Waals surface area (Å²) in [5.74, 6) is 1.22. The summed E-state index contributed by atoms with van der Waals surface area (Å²) in [7, 11) is 0. The highest BCUT2D eigenvalue weighted by Gasteiger charge is 2.14. The number of nitrogens with zero attached hydrogens (tertiary/aromatic N) is 3. The van der Waals surface area contributed by atoms with Gasteiger partial charge in [-0.05, 0) is 59.1 Å². The summed E-state index contributed by atoms with van der Waals surface area (Å²) in [6.07, 6.45) is 2.98. The molecule has 1 N–H and O–H groups in total. The van der Waals surface area contributed by atoms with Crippen LogP contribution in [0.15, 0.2) is 64.3 Å². The molecule has 0 saturated carbocycles. The van der Waals surface area contributed by atoms with E-state index in [0.29, 0.717) is 34.7 Å². The molecular weight excluding hydrogens is 464 g/mol. The van der Waals surface area contributed by atoms with Crippen LogP contribution in [0.25, 0.3) is 0 Å². The zero-order valence-corrected chi connectivity index (χ0v) is 18.6. The molecule has 0 aliphatic heterocycles. The van der Waals surface area contributed by atoms with Crippen LogP contribution in [0.5, 0.6) is 11.5 Å². The van der Waals surface area contributed by atoms with E-state index in [-0.39, 0.29) is 11.5 Å². The summed E-state index contributed by atoms with van der Waals surface area (Å²) in [6, 6.07) is 14.6. The number of benzene rings is 2. The molecule has 1 aromatic heterocycles. The lowest BCUT2D eigenvalue weighted by Gasteiger charge is -2.15. The quantitative estimate of drug-likeness (QED) is 0.245. The van der Waals surface area contributed by atoms with Crippen LogP contribution in [-0.4, -0.2) is 22.7 Å². The first-order chi connectivity index (χ1) is 15.0. The van der Waals surface area contributed by atoms with Crippen molar-refractivity contribution < 1.29 is 14.4 Å². The second kappa shape index (κ2) is 10.5. The zero-order chi connectivity index (χ0) is 22.2. The first-order valence-electron chi connectivity index (χ1n) is 9.51. The van der Waals surface area contributed by atoms with E-state index in [4.69, 9.17) is 9.47 Å². The molecule has 0 aliphatic rings.